The van der Waals surface area contributed by atoms with Crippen molar-refractivity contribution in [3.63, 3.8) is 0 Å². The van der Waals surface area contributed by atoms with Gasteiger partial charge in [-0.1, -0.05) is 30.7 Å². The van der Waals surface area contributed by atoms with Crippen molar-refractivity contribution in [3.05, 3.63) is 34.9 Å². The Morgan fingerprint density at radius 1 is 1.19 bits per heavy atom. The maximum atomic E-state index is 3.22. The fourth-order valence-electron chi connectivity index (χ4n) is 2.06. The lowest BCUT2D eigenvalue weighted by Crippen LogP contribution is -2.12. The van der Waals surface area contributed by atoms with Gasteiger partial charge in [-0.15, -0.1) is 0 Å². The lowest BCUT2D eigenvalue weighted by Gasteiger charge is -2.12. The molecule has 0 fully saturated rings. The minimum atomic E-state index is 0.813. The molecule has 1 heteroatoms. The molecule has 1 rings (SSSR count). The standard InChI is InChI=1S/C15H25N/c1-12(9-10-16-4)5-7-15-8-6-13(2)11-14(15)3/h6,8,11-12,16H,5,7,9-10H2,1-4H3. The number of rotatable bonds is 6. The third-order valence-electron chi connectivity index (χ3n) is 3.29. The van der Waals surface area contributed by atoms with E-state index in [4.69, 9.17) is 0 Å². The molecule has 0 aliphatic heterocycles. The van der Waals surface area contributed by atoms with Crippen LogP contribution in [-0.4, -0.2) is 13.6 Å². The average Bonchev–Trinajstić information content (AvgIpc) is 2.25. The summed E-state index contributed by atoms with van der Waals surface area (Å²) in [4.78, 5) is 0. The van der Waals surface area contributed by atoms with Crippen LogP contribution in [0.5, 0.6) is 0 Å². The Labute approximate surface area is 100 Å². The zero-order valence-corrected chi connectivity index (χ0v) is 11.1. The van der Waals surface area contributed by atoms with E-state index in [0.717, 1.165) is 12.5 Å². The highest BCUT2D eigenvalue weighted by molar-refractivity contribution is 5.30. The molecule has 1 N–H and O–H groups in total. The minimum Gasteiger partial charge on any atom is -0.320 e. The van der Waals surface area contributed by atoms with E-state index >= 15 is 0 Å². The van der Waals surface area contributed by atoms with E-state index in [1.54, 1.807) is 0 Å². The first-order chi connectivity index (χ1) is 7.63. The minimum absolute atomic E-state index is 0.813. The van der Waals surface area contributed by atoms with Crippen molar-refractivity contribution in [2.24, 2.45) is 5.92 Å². The fraction of sp³-hybridized carbons (Fsp3) is 0.600. The second-order valence-corrected chi connectivity index (χ2v) is 4.97. The van der Waals surface area contributed by atoms with Gasteiger partial charge in [0.2, 0.25) is 0 Å². The zero-order valence-electron chi connectivity index (χ0n) is 11.1. The molecule has 0 spiro atoms. The number of nitrogens with one attached hydrogen (secondary N) is 1. The summed E-state index contributed by atoms with van der Waals surface area (Å²) in [5.74, 6) is 0.813. The summed E-state index contributed by atoms with van der Waals surface area (Å²) in [6, 6.07) is 6.80. The molecule has 16 heavy (non-hydrogen) atoms. The highest BCUT2D eigenvalue weighted by atomic mass is 14.8. The van der Waals surface area contributed by atoms with E-state index in [1.165, 1.54) is 36.0 Å². The maximum absolute atomic E-state index is 3.22. The van der Waals surface area contributed by atoms with Crippen molar-refractivity contribution < 1.29 is 0 Å². The second-order valence-electron chi connectivity index (χ2n) is 4.97. The number of aryl methyl sites for hydroxylation is 3. The van der Waals surface area contributed by atoms with Crippen molar-refractivity contribution in [3.8, 4) is 0 Å². The first-order valence-electron chi connectivity index (χ1n) is 6.34. The van der Waals surface area contributed by atoms with Gasteiger partial charge in [0.15, 0.2) is 0 Å². The topological polar surface area (TPSA) is 12.0 Å². The van der Waals surface area contributed by atoms with Crippen molar-refractivity contribution in [1.29, 1.82) is 0 Å². The molecule has 0 saturated heterocycles. The summed E-state index contributed by atoms with van der Waals surface area (Å²) in [6.45, 7) is 7.86. The fourth-order valence-corrected chi connectivity index (χ4v) is 2.06. The maximum Gasteiger partial charge on any atom is -0.00494 e. The molecule has 1 aromatic rings. The molecule has 0 aliphatic carbocycles. The molecule has 0 bridgehead atoms. The van der Waals surface area contributed by atoms with Crippen molar-refractivity contribution in [2.75, 3.05) is 13.6 Å². The van der Waals surface area contributed by atoms with Crippen LogP contribution in [0.15, 0.2) is 18.2 Å². The summed E-state index contributed by atoms with van der Waals surface area (Å²) in [7, 11) is 2.02. The van der Waals surface area contributed by atoms with Gasteiger partial charge in [0, 0.05) is 0 Å². The Balaban J connectivity index is 2.42. The smallest absolute Gasteiger partial charge is 0.00494 e. The van der Waals surface area contributed by atoms with Gasteiger partial charge in [-0.05, 0) is 63.7 Å². The molecule has 1 nitrogen and oxygen atoms in total. The summed E-state index contributed by atoms with van der Waals surface area (Å²) < 4.78 is 0. The highest BCUT2D eigenvalue weighted by Crippen LogP contribution is 2.16. The Morgan fingerprint density at radius 3 is 2.56 bits per heavy atom. The molecule has 0 saturated carbocycles. The van der Waals surface area contributed by atoms with Crippen molar-refractivity contribution in [2.45, 2.75) is 40.0 Å². The van der Waals surface area contributed by atoms with Gasteiger partial charge in [0.25, 0.3) is 0 Å². The number of hydrogen-bond donors (Lipinski definition) is 1. The molecule has 1 aromatic carbocycles. The molecule has 0 heterocycles. The van der Waals surface area contributed by atoms with E-state index in [9.17, 15) is 0 Å². The van der Waals surface area contributed by atoms with E-state index in [2.05, 4.69) is 44.3 Å². The monoisotopic (exact) mass is 219 g/mol. The predicted octanol–water partition coefficient (Wildman–Crippen LogP) is 3.48. The molecular formula is C15H25N. The summed E-state index contributed by atoms with van der Waals surface area (Å²) in [5.41, 5.74) is 4.33. The molecular weight excluding hydrogens is 194 g/mol. The largest absolute Gasteiger partial charge is 0.320 e. The van der Waals surface area contributed by atoms with Crippen LogP contribution in [0.4, 0.5) is 0 Å². The van der Waals surface area contributed by atoms with E-state index in [0.29, 0.717) is 0 Å². The summed E-state index contributed by atoms with van der Waals surface area (Å²) in [6.07, 6.45) is 3.80. The third kappa shape index (κ3) is 4.36. The Morgan fingerprint density at radius 2 is 1.94 bits per heavy atom. The van der Waals surface area contributed by atoms with Gasteiger partial charge in [0.05, 0.1) is 0 Å². The highest BCUT2D eigenvalue weighted by Gasteiger charge is 2.04. The molecule has 0 radical (unpaired) electrons. The van der Waals surface area contributed by atoms with Crippen molar-refractivity contribution in [1.82, 2.24) is 5.32 Å². The van der Waals surface area contributed by atoms with Crippen molar-refractivity contribution >= 4 is 0 Å². The summed E-state index contributed by atoms with van der Waals surface area (Å²) in [5, 5.41) is 3.22. The first-order valence-corrected chi connectivity index (χ1v) is 6.34. The normalized spacial score (nSPS) is 12.8. The SMILES string of the molecule is CNCCC(C)CCc1ccc(C)cc1C. The van der Waals surface area contributed by atoms with Crippen LogP contribution in [0.1, 0.15) is 36.5 Å². The number of hydrogen-bond acceptors (Lipinski definition) is 1. The van der Waals surface area contributed by atoms with E-state index in [-0.39, 0.29) is 0 Å². The van der Waals surface area contributed by atoms with Crippen LogP contribution in [0.2, 0.25) is 0 Å². The first kappa shape index (κ1) is 13.2. The molecule has 90 valence electrons. The van der Waals surface area contributed by atoms with Crippen LogP contribution in [0, 0.1) is 19.8 Å². The lowest BCUT2D eigenvalue weighted by molar-refractivity contribution is 0.481. The van der Waals surface area contributed by atoms with Gasteiger partial charge >= 0.3 is 0 Å². The molecule has 0 amide bonds. The van der Waals surface area contributed by atoms with E-state index in [1.807, 2.05) is 7.05 Å². The molecule has 0 aliphatic rings. The van der Waals surface area contributed by atoms with Crippen LogP contribution in [0.3, 0.4) is 0 Å². The molecule has 1 unspecified atom stereocenters. The molecule has 1 atom stereocenters. The Hall–Kier alpha value is -0.820. The van der Waals surface area contributed by atoms with Gasteiger partial charge in [0.1, 0.15) is 0 Å². The summed E-state index contributed by atoms with van der Waals surface area (Å²) >= 11 is 0. The van der Waals surface area contributed by atoms with Crippen LogP contribution < -0.4 is 5.32 Å². The average molecular weight is 219 g/mol. The zero-order chi connectivity index (χ0) is 12.0. The number of benzene rings is 1. The third-order valence-corrected chi connectivity index (χ3v) is 3.29. The predicted molar refractivity (Wildman–Crippen MR) is 71.9 cm³/mol. The van der Waals surface area contributed by atoms with Gasteiger partial charge < -0.3 is 5.32 Å². The van der Waals surface area contributed by atoms with Gasteiger partial charge in [-0.3, -0.25) is 0 Å². The van der Waals surface area contributed by atoms with E-state index < -0.39 is 0 Å². The van der Waals surface area contributed by atoms with Gasteiger partial charge in [-0.2, -0.15) is 0 Å². The lowest BCUT2D eigenvalue weighted by atomic mass is 9.95. The van der Waals surface area contributed by atoms with Crippen LogP contribution in [-0.2, 0) is 6.42 Å². The molecule has 0 aromatic heterocycles. The Bertz CT molecular complexity index is 317. The van der Waals surface area contributed by atoms with Crippen LogP contribution in [0.25, 0.3) is 0 Å². The quantitative estimate of drug-likeness (QED) is 0.772. The van der Waals surface area contributed by atoms with Gasteiger partial charge in [-0.25, -0.2) is 0 Å². The van der Waals surface area contributed by atoms with Crippen LogP contribution >= 0.6 is 0 Å². The second kappa shape index (κ2) is 6.70. The Kier molecular flexibility index (Phi) is 5.54.